The summed E-state index contributed by atoms with van der Waals surface area (Å²) in [6.45, 7) is 0. The van der Waals surface area contributed by atoms with E-state index in [0.717, 1.165) is 0 Å². The van der Waals surface area contributed by atoms with E-state index in [2.05, 4.69) is 0 Å². The van der Waals surface area contributed by atoms with Crippen LogP contribution in [-0.4, -0.2) is 0 Å². The first-order valence-corrected chi connectivity index (χ1v) is 15.5. The van der Waals surface area contributed by atoms with Crippen LogP contribution in [0.25, 0.3) is 98.8 Å². The molecule has 10 rings (SSSR count). The zero-order valence-electron chi connectivity index (χ0n) is 42.4. The Balaban J connectivity index is 1.32. The largest absolute Gasteiger partial charge is 0.455 e. The van der Waals surface area contributed by atoms with Gasteiger partial charge in [-0.25, -0.2) is 0 Å². The third-order valence-corrected chi connectivity index (χ3v) is 8.74. The summed E-state index contributed by atoms with van der Waals surface area (Å²) in [6.07, 6.45) is 0. The Morgan fingerprint density at radius 3 is 1.57 bits per heavy atom. The lowest BCUT2D eigenvalue weighted by molar-refractivity contribution is 0.673. The van der Waals surface area contributed by atoms with Crippen molar-refractivity contribution in [1.29, 1.82) is 0 Å². The molecule has 1 nitrogen and oxygen atoms in total. The van der Waals surface area contributed by atoms with Gasteiger partial charge in [-0.2, -0.15) is 0 Å². The maximum absolute atomic E-state index is 9.50. The van der Waals surface area contributed by atoms with Gasteiger partial charge in [-0.05, 0) is 83.5 Å². The van der Waals surface area contributed by atoms with Crippen molar-refractivity contribution in [1.82, 2.24) is 0 Å². The fourth-order valence-corrected chi connectivity index (χ4v) is 6.57. The number of hydrogen-bond acceptors (Lipinski definition) is 1. The van der Waals surface area contributed by atoms with Gasteiger partial charge >= 0.3 is 0 Å². The molecule has 0 saturated heterocycles. The Bertz CT molecular complexity index is 3730. The van der Waals surface area contributed by atoms with Crippen molar-refractivity contribution in [2.45, 2.75) is 0 Å². The van der Waals surface area contributed by atoms with E-state index in [1.807, 2.05) is 0 Å². The molecule has 1 aromatic heterocycles. The van der Waals surface area contributed by atoms with E-state index in [-0.39, 0.29) is 55.0 Å². The maximum atomic E-state index is 9.50. The Hall–Kier alpha value is -6.44. The van der Waals surface area contributed by atoms with Crippen LogP contribution in [0, 0.1) is 0 Å². The quantitative estimate of drug-likeness (QED) is 0.175. The standard InChI is InChI=1S/C48H30O/c1-2-11-31(12-3-1)32-21-23-33(24-22-32)34-25-27-36(28-26-34)45-38-15-6-8-17-40(38)46(41-18-9-7-16-39(41)45)42-19-10-20-44-47(42)43-30-29-35-13-4-5-14-37(35)48(43)49-44/h1-30H/i4D,5D,10D,13D,14D,19D,20D,21D,22D,23D,24D,25D,26D,27D,28D,29D,30D. The molecule has 0 radical (unpaired) electrons. The van der Waals surface area contributed by atoms with Crippen LogP contribution in [0.15, 0.2) is 186 Å². The van der Waals surface area contributed by atoms with Gasteiger partial charge in [0.05, 0.1) is 23.3 Å². The van der Waals surface area contributed by atoms with Crippen molar-refractivity contribution < 1.29 is 27.7 Å². The van der Waals surface area contributed by atoms with E-state index < -0.39 is 114 Å². The number of benzene rings is 9. The van der Waals surface area contributed by atoms with Crippen LogP contribution in [0.3, 0.4) is 0 Å². The molecule has 0 fully saturated rings. The molecule has 0 aliphatic rings. The highest BCUT2D eigenvalue weighted by molar-refractivity contribution is 6.27. The predicted molar refractivity (Wildman–Crippen MR) is 208 cm³/mol. The minimum Gasteiger partial charge on any atom is -0.455 e. The van der Waals surface area contributed by atoms with Crippen molar-refractivity contribution in [3.63, 3.8) is 0 Å². The van der Waals surface area contributed by atoms with Crippen molar-refractivity contribution >= 4 is 54.3 Å². The third kappa shape index (κ3) is 4.40. The SMILES string of the molecule is [2H]c1c([2H])c(-c2c([2H])c([2H])c(-c3c4ccccc4c(-c4c([2H])c([2H])c([2H])c5oc6c7c([2H])c([2H])c([2H])c([2H])c7c([2H])c([2H])c6c45)c4ccccc34)c([2H])c2[2H])c([2H])c([2H])c1-c1ccccc1. The van der Waals surface area contributed by atoms with Crippen molar-refractivity contribution in [3.8, 4) is 44.5 Å². The molecule has 0 atom stereocenters. The molecule has 0 unspecified atom stereocenters. The van der Waals surface area contributed by atoms with Crippen LogP contribution in [0.1, 0.15) is 23.3 Å². The molecule has 10 aromatic rings. The fraction of sp³-hybridized carbons (Fsp3) is 0. The average Bonchev–Trinajstić information content (AvgIpc) is 3.71. The molecule has 9 aromatic carbocycles. The highest BCUT2D eigenvalue weighted by atomic mass is 16.3. The van der Waals surface area contributed by atoms with E-state index in [9.17, 15) is 8.22 Å². The second-order valence-corrected chi connectivity index (χ2v) is 11.5. The van der Waals surface area contributed by atoms with Gasteiger partial charge in [0.25, 0.3) is 0 Å². The average molecular weight is 640 g/mol. The Kier molecular flexibility index (Phi) is 3.54. The summed E-state index contributed by atoms with van der Waals surface area (Å²) in [7, 11) is 0. The zero-order valence-corrected chi connectivity index (χ0v) is 25.4. The van der Waals surface area contributed by atoms with Gasteiger partial charge in [0, 0.05) is 16.2 Å². The molecule has 0 saturated carbocycles. The molecular formula is C48H30O. The first kappa shape index (κ1) is 15.6. The lowest BCUT2D eigenvalue weighted by Gasteiger charge is -2.18. The fourth-order valence-electron chi connectivity index (χ4n) is 6.57. The molecule has 0 N–H and O–H groups in total. The topological polar surface area (TPSA) is 13.1 Å². The zero-order chi connectivity index (χ0) is 47.1. The number of furan rings is 1. The molecule has 0 amide bonds. The predicted octanol–water partition coefficient (Wildman–Crippen LogP) is 13.7. The first-order valence-electron chi connectivity index (χ1n) is 24.0. The molecule has 1 heteroatoms. The van der Waals surface area contributed by atoms with Gasteiger partial charge in [0.15, 0.2) is 0 Å². The maximum Gasteiger partial charge on any atom is 0.143 e. The Morgan fingerprint density at radius 2 is 0.918 bits per heavy atom. The highest BCUT2D eigenvalue weighted by Crippen LogP contribution is 2.47. The molecule has 228 valence electrons. The summed E-state index contributed by atoms with van der Waals surface area (Å²) in [5.41, 5.74) is -0.445. The molecule has 0 bridgehead atoms. The number of rotatable bonds is 4. The van der Waals surface area contributed by atoms with Gasteiger partial charge in [0.1, 0.15) is 11.2 Å². The normalized spacial score (nSPS) is 16.5. The summed E-state index contributed by atoms with van der Waals surface area (Å²) in [5.74, 6) is 0. The summed E-state index contributed by atoms with van der Waals surface area (Å²) in [4.78, 5) is 0. The van der Waals surface area contributed by atoms with E-state index >= 15 is 0 Å². The molecule has 1 heterocycles. The number of fused-ring (bicyclic) bond motifs is 7. The second kappa shape index (κ2) is 11.1. The van der Waals surface area contributed by atoms with Gasteiger partial charge in [0.2, 0.25) is 0 Å². The molecule has 0 aliphatic carbocycles. The van der Waals surface area contributed by atoms with Crippen LogP contribution in [0.2, 0.25) is 0 Å². The smallest absolute Gasteiger partial charge is 0.143 e. The van der Waals surface area contributed by atoms with Crippen LogP contribution in [0.4, 0.5) is 0 Å². The lowest BCUT2D eigenvalue weighted by Crippen LogP contribution is -1.91. The molecular weight excluding hydrogens is 593 g/mol. The van der Waals surface area contributed by atoms with Gasteiger partial charge in [-0.1, -0.05) is 169 Å². The third-order valence-electron chi connectivity index (χ3n) is 8.74. The van der Waals surface area contributed by atoms with E-state index in [1.54, 1.807) is 78.9 Å². The summed E-state index contributed by atoms with van der Waals surface area (Å²) in [5, 5.41) is 0.899. The van der Waals surface area contributed by atoms with Crippen molar-refractivity contribution in [2.24, 2.45) is 0 Å². The van der Waals surface area contributed by atoms with Gasteiger partial charge in [-0.3, -0.25) is 0 Å². The van der Waals surface area contributed by atoms with Gasteiger partial charge in [-0.15, -0.1) is 0 Å². The van der Waals surface area contributed by atoms with Crippen LogP contribution in [0.5, 0.6) is 0 Å². The highest BCUT2D eigenvalue weighted by Gasteiger charge is 2.20. The van der Waals surface area contributed by atoms with E-state index in [0.29, 0.717) is 32.7 Å². The monoisotopic (exact) mass is 639 g/mol. The van der Waals surface area contributed by atoms with Crippen LogP contribution >= 0.6 is 0 Å². The molecule has 0 aliphatic heterocycles. The molecule has 0 spiro atoms. The Labute approximate surface area is 308 Å². The second-order valence-electron chi connectivity index (χ2n) is 11.5. The number of hydrogen-bond donors (Lipinski definition) is 0. The van der Waals surface area contributed by atoms with E-state index in [1.165, 1.54) is 0 Å². The summed E-state index contributed by atoms with van der Waals surface area (Å²) >= 11 is 0. The Morgan fingerprint density at radius 1 is 0.367 bits per heavy atom. The summed E-state index contributed by atoms with van der Waals surface area (Å²) < 4.78 is 160. The first-order chi connectivity index (χ1) is 31.4. The van der Waals surface area contributed by atoms with E-state index in [4.69, 9.17) is 19.5 Å². The van der Waals surface area contributed by atoms with Crippen molar-refractivity contribution in [3.05, 3.63) is 182 Å². The summed E-state index contributed by atoms with van der Waals surface area (Å²) in [6, 6.07) is 12.8. The lowest BCUT2D eigenvalue weighted by atomic mass is 9.84. The minimum atomic E-state index is -0.613. The van der Waals surface area contributed by atoms with Crippen LogP contribution < -0.4 is 0 Å². The van der Waals surface area contributed by atoms with Gasteiger partial charge < -0.3 is 4.42 Å². The molecule has 49 heavy (non-hydrogen) atoms. The van der Waals surface area contributed by atoms with Crippen LogP contribution in [-0.2, 0) is 0 Å². The minimum absolute atomic E-state index is 0.00832. The van der Waals surface area contributed by atoms with Crippen molar-refractivity contribution in [2.75, 3.05) is 0 Å².